The van der Waals surface area contributed by atoms with E-state index in [0.29, 0.717) is 16.8 Å². The molecular formula is C10H12ClNO3S. The molecule has 0 amide bonds. The quantitative estimate of drug-likeness (QED) is 0.849. The van der Waals surface area contributed by atoms with Gasteiger partial charge in [0.25, 0.3) is 0 Å². The minimum atomic E-state index is -3.34. The molecule has 0 fully saturated rings. The van der Waals surface area contributed by atoms with Crippen molar-refractivity contribution in [1.82, 2.24) is 0 Å². The van der Waals surface area contributed by atoms with Gasteiger partial charge in [-0.1, -0.05) is 11.6 Å². The molecular weight excluding hydrogens is 250 g/mol. The van der Waals surface area contributed by atoms with Crippen molar-refractivity contribution in [2.75, 3.05) is 11.0 Å². The first kappa shape index (κ1) is 13.0. The highest BCUT2D eigenvalue weighted by Crippen LogP contribution is 2.25. The number of Topliss-reactive ketones (excluding diaryl/α,β-unsaturated/α-hetero) is 1. The highest BCUT2D eigenvalue weighted by atomic mass is 35.5. The minimum absolute atomic E-state index is 0.154. The third kappa shape index (κ3) is 3.21. The van der Waals surface area contributed by atoms with E-state index in [1.54, 1.807) is 13.0 Å². The smallest absolute Gasteiger partial charge is 0.229 e. The van der Waals surface area contributed by atoms with Gasteiger partial charge in [-0.25, -0.2) is 8.42 Å². The molecule has 0 saturated carbocycles. The summed E-state index contributed by atoms with van der Waals surface area (Å²) in [6, 6.07) is 3.01. The molecule has 0 unspecified atom stereocenters. The molecule has 0 bridgehead atoms. The molecule has 0 heterocycles. The maximum atomic E-state index is 11.2. The topological polar surface area (TPSA) is 63.2 Å². The normalized spacial score (nSPS) is 11.2. The Bertz CT molecular complexity index is 537. The average Bonchev–Trinajstić information content (AvgIpc) is 2.07. The lowest BCUT2D eigenvalue weighted by Crippen LogP contribution is -2.11. The number of aryl methyl sites for hydroxylation is 1. The van der Waals surface area contributed by atoms with Gasteiger partial charge in [-0.3, -0.25) is 9.52 Å². The van der Waals surface area contributed by atoms with E-state index >= 15 is 0 Å². The van der Waals surface area contributed by atoms with E-state index in [9.17, 15) is 13.2 Å². The number of hydrogen-bond acceptors (Lipinski definition) is 3. The van der Waals surface area contributed by atoms with E-state index in [2.05, 4.69) is 4.72 Å². The molecule has 0 spiro atoms. The molecule has 0 aromatic heterocycles. The highest BCUT2D eigenvalue weighted by Gasteiger charge is 2.11. The number of benzene rings is 1. The molecule has 1 rings (SSSR count). The number of anilines is 1. The predicted octanol–water partition coefficient (Wildman–Crippen LogP) is 2.22. The number of carbonyl (C=O) groups is 1. The minimum Gasteiger partial charge on any atom is -0.294 e. The Balaban J connectivity index is 3.26. The maximum absolute atomic E-state index is 11.2. The number of ketones is 1. The van der Waals surface area contributed by atoms with E-state index in [1.807, 2.05) is 0 Å². The van der Waals surface area contributed by atoms with Crippen molar-refractivity contribution in [3.8, 4) is 0 Å². The zero-order chi connectivity index (χ0) is 12.5. The van der Waals surface area contributed by atoms with Crippen LogP contribution < -0.4 is 4.72 Å². The number of hydrogen-bond donors (Lipinski definition) is 1. The number of sulfonamides is 1. The van der Waals surface area contributed by atoms with E-state index in [0.717, 1.165) is 6.26 Å². The van der Waals surface area contributed by atoms with Gasteiger partial charge in [0.1, 0.15) is 0 Å². The van der Waals surface area contributed by atoms with Crippen LogP contribution in [0.3, 0.4) is 0 Å². The SMILES string of the molecule is CC(=O)c1cc(C)c(NS(C)(=O)=O)cc1Cl. The summed E-state index contributed by atoms with van der Waals surface area (Å²) in [5.41, 5.74) is 1.43. The molecule has 0 aliphatic carbocycles. The molecule has 6 heteroatoms. The van der Waals surface area contributed by atoms with Crippen molar-refractivity contribution in [2.24, 2.45) is 0 Å². The lowest BCUT2D eigenvalue weighted by atomic mass is 10.1. The van der Waals surface area contributed by atoms with E-state index in [4.69, 9.17) is 11.6 Å². The molecule has 0 saturated heterocycles. The van der Waals surface area contributed by atoms with Crippen molar-refractivity contribution in [3.05, 3.63) is 28.3 Å². The van der Waals surface area contributed by atoms with Crippen LogP contribution in [0, 0.1) is 6.92 Å². The van der Waals surface area contributed by atoms with Crippen LogP contribution in [0.4, 0.5) is 5.69 Å². The summed E-state index contributed by atoms with van der Waals surface area (Å²) in [7, 11) is -3.34. The summed E-state index contributed by atoms with van der Waals surface area (Å²) in [4.78, 5) is 11.2. The molecule has 1 aromatic rings. The van der Waals surface area contributed by atoms with Crippen LogP contribution in [0.15, 0.2) is 12.1 Å². The van der Waals surface area contributed by atoms with Crippen LogP contribution in [0.25, 0.3) is 0 Å². The summed E-state index contributed by atoms with van der Waals surface area (Å²) >= 11 is 5.87. The fourth-order valence-electron chi connectivity index (χ4n) is 1.26. The molecule has 88 valence electrons. The lowest BCUT2D eigenvalue weighted by Gasteiger charge is -2.10. The molecule has 4 nitrogen and oxygen atoms in total. The van der Waals surface area contributed by atoms with Gasteiger partial charge in [0.05, 0.1) is 17.0 Å². The first-order valence-corrected chi connectivity index (χ1v) is 6.76. The Morgan fingerprint density at radius 3 is 2.38 bits per heavy atom. The van der Waals surface area contributed by atoms with Crippen molar-refractivity contribution in [3.63, 3.8) is 0 Å². The van der Waals surface area contributed by atoms with Gasteiger partial charge in [-0.15, -0.1) is 0 Å². The number of halogens is 1. The largest absolute Gasteiger partial charge is 0.294 e. The standard InChI is InChI=1S/C10H12ClNO3S/c1-6-4-8(7(2)13)9(11)5-10(6)12-16(3,14)15/h4-5,12H,1-3H3. The third-order valence-electron chi connectivity index (χ3n) is 1.99. The fraction of sp³-hybridized carbons (Fsp3) is 0.300. The van der Waals surface area contributed by atoms with Crippen LogP contribution in [0.1, 0.15) is 22.8 Å². The molecule has 1 aromatic carbocycles. The molecule has 16 heavy (non-hydrogen) atoms. The first-order chi connectivity index (χ1) is 7.20. The number of nitrogens with one attached hydrogen (secondary N) is 1. The number of rotatable bonds is 3. The van der Waals surface area contributed by atoms with E-state index < -0.39 is 10.0 Å². The van der Waals surface area contributed by atoms with Crippen LogP contribution in [0.2, 0.25) is 5.02 Å². The van der Waals surface area contributed by atoms with Crippen molar-refractivity contribution in [1.29, 1.82) is 0 Å². The summed E-state index contributed by atoms with van der Waals surface area (Å²) in [5.74, 6) is -0.154. The fourth-order valence-corrected chi connectivity index (χ4v) is 2.18. The van der Waals surface area contributed by atoms with Crippen LogP contribution in [0.5, 0.6) is 0 Å². The molecule has 0 atom stereocenters. The van der Waals surface area contributed by atoms with Crippen molar-refractivity contribution in [2.45, 2.75) is 13.8 Å². The van der Waals surface area contributed by atoms with Gasteiger partial charge in [-0.05, 0) is 31.5 Å². The summed E-state index contributed by atoms with van der Waals surface area (Å²) in [6.45, 7) is 3.11. The van der Waals surface area contributed by atoms with Crippen molar-refractivity contribution >= 4 is 33.1 Å². The van der Waals surface area contributed by atoms with Crippen LogP contribution in [-0.4, -0.2) is 20.5 Å². The zero-order valence-electron chi connectivity index (χ0n) is 9.17. The number of carbonyl (C=O) groups excluding carboxylic acids is 1. The lowest BCUT2D eigenvalue weighted by molar-refractivity contribution is 0.101. The predicted molar refractivity (Wildman–Crippen MR) is 64.7 cm³/mol. The second-order valence-corrected chi connectivity index (χ2v) is 5.73. The third-order valence-corrected chi connectivity index (χ3v) is 2.89. The Kier molecular flexibility index (Phi) is 3.60. The zero-order valence-corrected chi connectivity index (χ0v) is 10.7. The summed E-state index contributed by atoms with van der Waals surface area (Å²) < 4.78 is 24.5. The highest BCUT2D eigenvalue weighted by molar-refractivity contribution is 7.92. The average molecular weight is 262 g/mol. The van der Waals surface area contributed by atoms with Gasteiger partial charge in [-0.2, -0.15) is 0 Å². The van der Waals surface area contributed by atoms with E-state index in [-0.39, 0.29) is 10.8 Å². The first-order valence-electron chi connectivity index (χ1n) is 4.49. The summed E-state index contributed by atoms with van der Waals surface area (Å²) in [6.07, 6.45) is 1.05. The van der Waals surface area contributed by atoms with Gasteiger partial charge < -0.3 is 0 Å². The Morgan fingerprint density at radius 1 is 1.38 bits per heavy atom. The monoisotopic (exact) mass is 261 g/mol. The maximum Gasteiger partial charge on any atom is 0.229 e. The molecule has 0 aliphatic rings. The Labute approximate surface area is 99.7 Å². The second-order valence-electron chi connectivity index (χ2n) is 3.58. The van der Waals surface area contributed by atoms with Gasteiger partial charge >= 0.3 is 0 Å². The molecule has 0 radical (unpaired) electrons. The van der Waals surface area contributed by atoms with Crippen LogP contribution >= 0.6 is 11.6 Å². The molecule has 1 N–H and O–H groups in total. The van der Waals surface area contributed by atoms with Gasteiger partial charge in [0.15, 0.2) is 5.78 Å². The van der Waals surface area contributed by atoms with E-state index in [1.165, 1.54) is 13.0 Å². The molecule has 0 aliphatic heterocycles. The Morgan fingerprint density at radius 2 is 1.94 bits per heavy atom. The van der Waals surface area contributed by atoms with Crippen molar-refractivity contribution < 1.29 is 13.2 Å². The van der Waals surface area contributed by atoms with Gasteiger partial charge in [0.2, 0.25) is 10.0 Å². The van der Waals surface area contributed by atoms with Crippen LogP contribution in [-0.2, 0) is 10.0 Å². The second kappa shape index (κ2) is 4.43. The Hall–Kier alpha value is -1.07. The summed E-state index contributed by atoms with van der Waals surface area (Å²) in [5, 5.41) is 0.240. The van der Waals surface area contributed by atoms with Gasteiger partial charge in [0, 0.05) is 5.56 Å².